The zero-order valence-corrected chi connectivity index (χ0v) is 18.7. The number of ether oxygens (including phenoxy) is 2. The van der Waals surface area contributed by atoms with Gasteiger partial charge in [-0.15, -0.1) is 0 Å². The number of hydrogen-bond acceptors (Lipinski definition) is 3. The van der Waals surface area contributed by atoms with Crippen LogP contribution in [-0.4, -0.2) is 37.3 Å². The van der Waals surface area contributed by atoms with Gasteiger partial charge in [0.25, 0.3) is 0 Å². The summed E-state index contributed by atoms with van der Waals surface area (Å²) in [5.41, 5.74) is 2.72. The van der Waals surface area contributed by atoms with Crippen molar-refractivity contribution in [1.29, 1.82) is 0 Å². The van der Waals surface area contributed by atoms with Crippen LogP contribution in [0.2, 0.25) is 0 Å². The minimum absolute atomic E-state index is 0.248. The summed E-state index contributed by atoms with van der Waals surface area (Å²) in [5.74, 6) is 0. The lowest BCUT2D eigenvalue weighted by Crippen LogP contribution is -2.34. The Morgan fingerprint density at radius 2 is 1.61 bits per heavy atom. The van der Waals surface area contributed by atoms with E-state index in [4.69, 9.17) is 17.3 Å². The quantitative estimate of drug-likeness (QED) is 0.364. The molecule has 1 aliphatic rings. The molecule has 4 aromatic carbocycles. The van der Waals surface area contributed by atoms with E-state index in [-0.39, 0.29) is 11.5 Å². The summed E-state index contributed by atoms with van der Waals surface area (Å²) in [5, 5.41) is 17.9. The van der Waals surface area contributed by atoms with E-state index in [0.29, 0.717) is 6.61 Å². The Morgan fingerprint density at radius 3 is 2.26 bits per heavy atom. The Bertz CT molecular complexity index is 1220. The monoisotopic (exact) mass is 412 g/mol. The highest BCUT2D eigenvalue weighted by molar-refractivity contribution is 6.23. The van der Waals surface area contributed by atoms with Gasteiger partial charge < -0.3 is 14.6 Å². The van der Waals surface area contributed by atoms with E-state index in [1.54, 1.807) is 0 Å². The molecular formula is C27H29BO3. The Hall–Kier alpha value is -2.14. The predicted molar refractivity (Wildman–Crippen MR) is 128 cm³/mol. The van der Waals surface area contributed by atoms with Crippen molar-refractivity contribution in [2.45, 2.75) is 65.0 Å². The summed E-state index contributed by atoms with van der Waals surface area (Å²) >= 11 is 0. The summed E-state index contributed by atoms with van der Waals surface area (Å²) in [6.45, 7) is 9.04. The maximum absolute atomic E-state index is 10.3. The SMILES string of the molecule is [B]C1OC(C)C(O)C1OCc1ccc2ccc3cc(CC(C)(C)C)cc4ccc1c2c34. The van der Waals surface area contributed by atoms with Crippen LogP contribution in [0.25, 0.3) is 32.3 Å². The maximum atomic E-state index is 10.3. The molecule has 1 saturated heterocycles. The number of rotatable bonds is 4. The maximum Gasteiger partial charge on any atom is 0.112 e. The first-order chi connectivity index (χ1) is 14.7. The van der Waals surface area contributed by atoms with Crippen molar-refractivity contribution in [3.63, 3.8) is 0 Å². The molecule has 0 spiro atoms. The molecule has 4 aromatic rings. The zero-order valence-electron chi connectivity index (χ0n) is 18.7. The lowest BCUT2D eigenvalue weighted by molar-refractivity contribution is -0.0291. The fraction of sp³-hybridized carbons (Fsp3) is 0.407. The fourth-order valence-corrected chi connectivity index (χ4v) is 5.03. The number of benzene rings is 4. The van der Waals surface area contributed by atoms with Crippen LogP contribution in [0, 0.1) is 5.41 Å². The normalized spacial score (nSPS) is 24.7. The molecular weight excluding hydrogens is 383 g/mol. The number of aliphatic hydroxyl groups excluding tert-OH is 1. The molecule has 2 radical (unpaired) electrons. The van der Waals surface area contributed by atoms with Crippen LogP contribution in [0.4, 0.5) is 0 Å². The average molecular weight is 412 g/mol. The molecule has 0 saturated carbocycles. The Balaban J connectivity index is 1.56. The first-order valence-corrected chi connectivity index (χ1v) is 11.1. The molecule has 0 aliphatic carbocycles. The highest BCUT2D eigenvalue weighted by atomic mass is 16.6. The van der Waals surface area contributed by atoms with E-state index >= 15 is 0 Å². The van der Waals surface area contributed by atoms with Gasteiger partial charge in [0.15, 0.2) is 0 Å². The van der Waals surface area contributed by atoms with Gasteiger partial charge in [-0.3, -0.25) is 0 Å². The molecule has 1 fully saturated rings. The molecule has 4 atom stereocenters. The number of hydrogen-bond donors (Lipinski definition) is 1. The molecule has 1 N–H and O–H groups in total. The molecule has 31 heavy (non-hydrogen) atoms. The third kappa shape index (κ3) is 3.71. The third-order valence-electron chi connectivity index (χ3n) is 6.43. The van der Waals surface area contributed by atoms with Crippen molar-refractivity contribution in [3.05, 3.63) is 59.7 Å². The molecule has 4 unspecified atom stereocenters. The molecule has 0 aromatic heterocycles. The van der Waals surface area contributed by atoms with Gasteiger partial charge in [0.1, 0.15) is 20.1 Å². The van der Waals surface area contributed by atoms with Crippen LogP contribution < -0.4 is 0 Å². The van der Waals surface area contributed by atoms with Gasteiger partial charge in [-0.25, -0.2) is 0 Å². The van der Waals surface area contributed by atoms with Crippen molar-refractivity contribution >= 4 is 40.2 Å². The van der Waals surface area contributed by atoms with E-state index in [0.717, 1.165) is 12.0 Å². The predicted octanol–water partition coefficient (Wildman–Crippen LogP) is 5.33. The second kappa shape index (κ2) is 7.48. The van der Waals surface area contributed by atoms with Crippen LogP contribution in [0.3, 0.4) is 0 Å². The minimum Gasteiger partial charge on any atom is -0.388 e. The summed E-state index contributed by atoms with van der Waals surface area (Å²) in [6.07, 6.45) is -0.499. The Kier molecular flexibility index (Phi) is 5.00. The summed E-state index contributed by atoms with van der Waals surface area (Å²) in [6, 6.07) is 17.2. The molecule has 158 valence electrons. The van der Waals surface area contributed by atoms with E-state index in [1.165, 1.54) is 37.9 Å². The lowest BCUT2D eigenvalue weighted by atomic mass is 9.85. The first-order valence-electron chi connectivity index (χ1n) is 11.1. The first kappa shape index (κ1) is 20.8. The smallest absolute Gasteiger partial charge is 0.112 e. The Morgan fingerprint density at radius 1 is 0.968 bits per heavy atom. The van der Waals surface area contributed by atoms with Crippen molar-refractivity contribution in [3.8, 4) is 0 Å². The summed E-state index contributed by atoms with van der Waals surface area (Å²) in [4.78, 5) is 0. The highest BCUT2D eigenvalue weighted by Gasteiger charge is 2.39. The summed E-state index contributed by atoms with van der Waals surface area (Å²) in [7, 11) is 6.01. The van der Waals surface area contributed by atoms with E-state index in [1.807, 2.05) is 6.92 Å². The van der Waals surface area contributed by atoms with Crippen molar-refractivity contribution < 1.29 is 14.6 Å². The van der Waals surface area contributed by atoms with Gasteiger partial charge in [0.05, 0.1) is 12.7 Å². The summed E-state index contributed by atoms with van der Waals surface area (Å²) < 4.78 is 11.6. The second-order valence-corrected chi connectivity index (χ2v) is 10.2. The van der Waals surface area contributed by atoms with Gasteiger partial charge in [0.2, 0.25) is 0 Å². The molecule has 1 heterocycles. The van der Waals surface area contributed by atoms with Crippen LogP contribution in [-0.2, 0) is 22.5 Å². The fourth-order valence-electron chi connectivity index (χ4n) is 5.03. The van der Waals surface area contributed by atoms with Crippen LogP contribution in [0.5, 0.6) is 0 Å². The van der Waals surface area contributed by atoms with Gasteiger partial charge >= 0.3 is 0 Å². The van der Waals surface area contributed by atoms with Crippen molar-refractivity contribution in [1.82, 2.24) is 0 Å². The van der Waals surface area contributed by atoms with Gasteiger partial charge in [0, 0.05) is 6.00 Å². The minimum atomic E-state index is -0.712. The third-order valence-corrected chi connectivity index (χ3v) is 6.43. The van der Waals surface area contributed by atoms with E-state index in [2.05, 4.69) is 69.3 Å². The van der Waals surface area contributed by atoms with Crippen molar-refractivity contribution in [2.24, 2.45) is 5.41 Å². The van der Waals surface area contributed by atoms with E-state index in [9.17, 15) is 5.11 Å². The molecule has 5 rings (SSSR count). The largest absolute Gasteiger partial charge is 0.388 e. The molecule has 0 amide bonds. The Labute approximate surface area is 185 Å². The van der Waals surface area contributed by atoms with Gasteiger partial charge in [-0.1, -0.05) is 69.3 Å². The average Bonchev–Trinajstić information content (AvgIpc) is 2.94. The van der Waals surface area contributed by atoms with E-state index < -0.39 is 18.2 Å². The lowest BCUT2D eigenvalue weighted by Gasteiger charge is -2.21. The molecule has 4 heteroatoms. The van der Waals surface area contributed by atoms with Gasteiger partial charge in [-0.05, 0) is 62.2 Å². The molecule has 3 nitrogen and oxygen atoms in total. The molecule has 0 bridgehead atoms. The van der Waals surface area contributed by atoms with Crippen LogP contribution in [0.1, 0.15) is 38.8 Å². The topological polar surface area (TPSA) is 38.7 Å². The number of aliphatic hydroxyl groups is 1. The molecule has 1 aliphatic heterocycles. The standard InChI is InChI=1S/C27H29BO3/c1-15-24(29)25(26(28)31-15)30-14-20-8-6-17-5-7-18-11-16(13-27(2,3)4)12-19-9-10-21(20)23(17)22(18)19/h5-12,15,24-26,29H,13-14H2,1-4H3. The zero-order chi connectivity index (χ0) is 21.9. The second-order valence-electron chi connectivity index (χ2n) is 10.2. The highest BCUT2D eigenvalue weighted by Crippen LogP contribution is 2.38. The van der Waals surface area contributed by atoms with Crippen molar-refractivity contribution in [2.75, 3.05) is 0 Å². The van der Waals surface area contributed by atoms with Crippen LogP contribution in [0.15, 0.2) is 48.5 Å². The van der Waals surface area contributed by atoms with Crippen LogP contribution >= 0.6 is 0 Å². The van der Waals surface area contributed by atoms with Gasteiger partial charge in [-0.2, -0.15) is 0 Å².